The summed E-state index contributed by atoms with van der Waals surface area (Å²) in [5.74, 6) is -0.192. The number of aromatic hydroxyl groups is 1. The minimum absolute atomic E-state index is 0.144. The molecule has 0 unspecified atom stereocenters. The first kappa shape index (κ1) is 14.7. The summed E-state index contributed by atoms with van der Waals surface area (Å²) in [7, 11) is 0. The molecule has 108 valence electrons. The van der Waals surface area contributed by atoms with E-state index in [0.29, 0.717) is 20.3 Å². The van der Waals surface area contributed by atoms with E-state index in [1.165, 1.54) is 6.08 Å². The summed E-state index contributed by atoms with van der Waals surface area (Å²) in [6.07, 6.45) is 3.02. The summed E-state index contributed by atoms with van der Waals surface area (Å²) in [5.41, 5.74) is 3.01. The lowest BCUT2D eigenvalue weighted by atomic mass is 9.85. The third-order valence-electron chi connectivity index (χ3n) is 3.58. The van der Waals surface area contributed by atoms with Crippen LogP contribution in [0.4, 0.5) is 0 Å². The van der Waals surface area contributed by atoms with Crippen molar-refractivity contribution in [1.82, 2.24) is 0 Å². The molecule has 22 heavy (non-hydrogen) atoms. The Morgan fingerprint density at radius 1 is 1.00 bits per heavy atom. The molecule has 0 saturated carbocycles. The van der Waals surface area contributed by atoms with E-state index in [1.54, 1.807) is 42.5 Å². The van der Waals surface area contributed by atoms with Gasteiger partial charge in [0.05, 0.1) is 3.58 Å². The highest BCUT2D eigenvalue weighted by Gasteiger charge is 2.28. The highest BCUT2D eigenvalue weighted by Crippen LogP contribution is 2.36. The van der Waals surface area contributed by atoms with Gasteiger partial charge in [0.15, 0.2) is 5.78 Å². The molecule has 0 radical (unpaired) electrons. The zero-order chi connectivity index (χ0) is 15.9. The molecule has 0 heterocycles. The lowest BCUT2D eigenvalue weighted by Crippen LogP contribution is -2.16. The molecule has 0 saturated heterocycles. The van der Waals surface area contributed by atoms with Crippen LogP contribution in [0.15, 0.2) is 52.6 Å². The first-order valence-electron chi connectivity index (χ1n) is 6.58. The number of halogens is 1. The van der Waals surface area contributed by atoms with Gasteiger partial charge in [-0.05, 0) is 51.9 Å². The zero-order valence-electron chi connectivity index (χ0n) is 11.5. The number of rotatable bonds is 2. The molecule has 2 aromatic carbocycles. The standard InChI is InChI=1S/C18H11IO3/c1-2-10-5-8-13-15(21)9-14(19)18(22)17(13)16(10)11-3-6-12(20)7-4-11/h2-9,20H,1H2. The maximum atomic E-state index is 12.6. The number of hydrogen-bond acceptors (Lipinski definition) is 3. The molecule has 3 nitrogen and oxygen atoms in total. The molecule has 0 aliphatic heterocycles. The van der Waals surface area contributed by atoms with Crippen LogP contribution in [-0.2, 0) is 0 Å². The van der Waals surface area contributed by atoms with E-state index < -0.39 is 0 Å². The van der Waals surface area contributed by atoms with Crippen molar-refractivity contribution in [3.63, 3.8) is 0 Å². The number of allylic oxidation sites excluding steroid dienone is 2. The van der Waals surface area contributed by atoms with Crippen LogP contribution < -0.4 is 0 Å². The molecule has 0 bridgehead atoms. The number of hydrogen-bond donors (Lipinski definition) is 1. The summed E-state index contributed by atoms with van der Waals surface area (Å²) >= 11 is 1.88. The van der Waals surface area contributed by atoms with Gasteiger partial charge < -0.3 is 5.11 Å². The van der Waals surface area contributed by atoms with Gasteiger partial charge in [-0.15, -0.1) is 0 Å². The van der Waals surface area contributed by atoms with Gasteiger partial charge in [0.1, 0.15) is 5.75 Å². The largest absolute Gasteiger partial charge is 0.508 e. The highest BCUT2D eigenvalue weighted by atomic mass is 127. The van der Waals surface area contributed by atoms with Crippen molar-refractivity contribution in [3.05, 3.63) is 69.3 Å². The predicted octanol–water partition coefficient (Wildman–Crippen LogP) is 4.40. The average molecular weight is 402 g/mol. The third-order valence-corrected chi connectivity index (χ3v) is 4.38. The molecule has 4 heteroatoms. The molecule has 1 aliphatic rings. The van der Waals surface area contributed by atoms with Crippen molar-refractivity contribution in [3.8, 4) is 16.9 Å². The van der Waals surface area contributed by atoms with Crippen molar-refractivity contribution < 1.29 is 14.7 Å². The minimum atomic E-state index is -0.172. The first-order chi connectivity index (χ1) is 10.5. The number of Topliss-reactive ketones (excluding diaryl/α,β-unsaturated/α-hetero) is 1. The van der Waals surface area contributed by atoms with Crippen molar-refractivity contribution in [2.45, 2.75) is 0 Å². The van der Waals surface area contributed by atoms with E-state index in [-0.39, 0.29) is 17.3 Å². The van der Waals surface area contributed by atoms with Crippen LogP contribution >= 0.6 is 22.6 Å². The maximum Gasteiger partial charge on any atom is 0.200 e. The van der Waals surface area contributed by atoms with Crippen molar-refractivity contribution in [2.75, 3.05) is 0 Å². The van der Waals surface area contributed by atoms with Gasteiger partial charge in [0, 0.05) is 22.8 Å². The second kappa shape index (κ2) is 5.53. The fourth-order valence-corrected chi connectivity index (χ4v) is 3.10. The Bertz CT molecular complexity index is 845. The monoisotopic (exact) mass is 402 g/mol. The fraction of sp³-hybridized carbons (Fsp3) is 0. The Morgan fingerprint density at radius 2 is 1.68 bits per heavy atom. The molecule has 0 aromatic heterocycles. The van der Waals surface area contributed by atoms with Crippen LogP contribution in [0.3, 0.4) is 0 Å². The summed E-state index contributed by atoms with van der Waals surface area (Å²) in [4.78, 5) is 24.8. The van der Waals surface area contributed by atoms with Gasteiger partial charge >= 0.3 is 0 Å². The number of ketones is 2. The van der Waals surface area contributed by atoms with E-state index in [1.807, 2.05) is 22.6 Å². The Morgan fingerprint density at radius 3 is 2.32 bits per heavy atom. The molecular formula is C18H11IO3. The molecule has 1 aliphatic carbocycles. The van der Waals surface area contributed by atoms with E-state index in [2.05, 4.69) is 6.58 Å². The molecule has 3 rings (SSSR count). The lowest BCUT2D eigenvalue weighted by Gasteiger charge is -2.18. The third kappa shape index (κ3) is 2.29. The van der Waals surface area contributed by atoms with E-state index >= 15 is 0 Å². The van der Waals surface area contributed by atoms with E-state index in [9.17, 15) is 14.7 Å². The number of phenolic OH excluding ortho intramolecular Hbond substituents is 1. The SMILES string of the molecule is C=Cc1ccc2c(c1-c1ccc(O)cc1)C(=O)C(I)=CC2=O. The smallest absolute Gasteiger partial charge is 0.200 e. The van der Waals surface area contributed by atoms with E-state index in [0.717, 1.165) is 11.1 Å². The quantitative estimate of drug-likeness (QED) is 0.758. The van der Waals surface area contributed by atoms with Gasteiger partial charge in [-0.1, -0.05) is 30.9 Å². The number of carbonyl (C=O) groups is 2. The van der Waals surface area contributed by atoms with Gasteiger partial charge in [-0.2, -0.15) is 0 Å². The van der Waals surface area contributed by atoms with Crippen LogP contribution in [0, 0.1) is 0 Å². The summed E-state index contributed by atoms with van der Waals surface area (Å²) in [5, 5.41) is 9.45. The number of benzene rings is 2. The number of phenols is 1. The molecule has 2 aromatic rings. The van der Waals surface area contributed by atoms with Gasteiger partial charge in [0.25, 0.3) is 0 Å². The summed E-state index contributed by atoms with van der Waals surface area (Å²) in [6, 6.07) is 10.00. The molecule has 0 amide bonds. The molecule has 0 spiro atoms. The first-order valence-corrected chi connectivity index (χ1v) is 7.66. The Hall–Kier alpha value is -2.21. The van der Waals surface area contributed by atoms with Crippen molar-refractivity contribution >= 4 is 40.2 Å². The fourth-order valence-electron chi connectivity index (χ4n) is 2.55. The Kier molecular flexibility index (Phi) is 3.70. The highest BCUT2D eigenvalue weighted by molar-refractivity contribution is 14.1. The maximum absolute atomic E-state index is 12.6. The minimum Gasteiger partial charge on any atom is -0.508 e. The topological polar surface area (TPSA) is 54.4 Å². The summed E-state index contributed by atoms with van der Waals surface area (Å²) < 4.78 is 0.399. The van der Waals surface area contributed by atoms with E-state index in [4.69, 9.17) is 0 Å². The van der Waals surface area contributed by atoms with Gasteiger partial charge in [-0.25, -0.2) is 0 Å². The molecule has 0 atom stereocenters. The van der Waals surface area contributed by atoms with Crippen LogP contribution in [0.25, 0.3) is 17.2 Å². The van der Waals surface area contributed by atoms with Crippen molar-refractivity contribution in [1.29, 1.82) is 0 Å². The molecule has 0 fully saturated rings. The number of fused-ring (bicyclic) bond motifs is 1. The molecule has 1 N–H and O–H groups in total. The average Bonchev–Trinajstić information content (AvgIpc) is 2.52. The van der Waals surface area contributed by atoms with Gasteiger partial charge in [-0.3, -0.25) is 9.59 Å². The predicted molar refractivity (Wildman–Crippen MR) is 94.4 cm³/mol. The van der Waals surface area contributed by atoms with Gasteiger partial charge in [0.2, 0.25) is 5.78 Å². The number of carbonyl (C=O) groups excluding carboxylic acids is 2. The summed E-state index contributed by atoms with van der Waals surface area (Å²) in [6.45, 7) is 3.78. The Labute approximate surface area is 141 Å². The zero-order valence-corrected chi connectivity index (χ0v) is 13.6. The van der Waals surface area contributed by atoms with Crippen molar-refractivity contribution in [2.24, 2.45) is 0 Å². The second-order valence-corrected chi connectivity index (χ2v) is 6.05. The van der Waals surface area contributed by atoms with Crippen LogP contribution in [-0.4, -0.2) is 16.7 Å². The molecular weight excluding hydrogens is 391 g/mol. The van der Waals surface area contributed by atoms with Crippen LogP contribution in [0.2, 0.25) is 0 Å². The Balaban J connectivity index is 2.37. The normalized spacial score (nSPS) is 13.6. The second-order valence-electron chi connectivity index (χ2n) is 4.89. The van der Waals surface area contributed by atoms with Crippen LogP contribution in [0.1, 0.15) is 26.3 Å². The van der Waals surface area contributed by atoms with Crippen LogP contribution in [0.5, 0.6) is 5.75 Å². The lowest BCUT2D eigenvalue weighted by molar-refractivity contribution is 0.0993.